The van der Waals surface area contributed by atoms with E-state index in [9.17, 15) is 18.0 Å². The van der Waals surface area contributed by atoms with Crippen molar-refractivity contribution < 1.29 is 22.7 Å². The lowest BCUT2D eigenvalue weighted by atomic mass is 9.94. The molecule has 1 aromatic rings. The maximum atomic E-state index is 12.8. The first kappa shape index (κ1) is 20.0. The number of hydrogen-bond acceptors (Lipinski definition) is 5. The molecule has 1 N–H and O–H groups in total. The number of halogens is 2. The molecular formula is C17H18Cl2N2O5S. The second kappa shape index (κ2) is 7.33. The number of sulfone groups is 1. The second-order valence-corrected chi connectivity index (χ2v) is 9.54. The third-order valence-corrected chi connectivity index (χ3v) is 7.09. The van der Waals surface area contributed by atoms with Gasteiger partial charge in [0.05, 0.1) is 36.3 Å². The van der Waals surface area contributed by atoms with Crippen LogP contribution >= 0.6 is 23.2 Å². The zero-order chi connectivity index (χ0) is 19.9. The van der Waals surface area contributed by atoms with Crippen molar-refractivity contribution in [2.45, 2.75) is 25.4 Å². The third-order valence-electron chi connectivity index (χ3n) is 4.78. The van der Waals surface area contributed by atoms with E-state index in [-0.39, 0.29) is 17.1 Å². The van der Waals surface area contributed by atoms with E-state index in [0.29, 0.717) is 27.7 Å². The quantitative estimate of drug-likeness (QED) is 0.740. The van der Waals surface area contributed by atoms with Crippen LogP contribution in [0.25, 0.3) is 0 Å². The van der Waals surface area contributed by atoms with E-state index in [0.717, 1.165) is 0 Å². The van der Waals surface area contributed by atoms with Gasteiger partial charge in [0.1, 0.15) is 0 Å². The van der Waals surface area contributed by atoms with Crippen LogP contribution in [0.1, 0.15) is 24.9 Å². The molecule has 146 valence electrons. The molecule has 0 saturated carbocycles. The van der Waals surface area contributed by atoms with Gasteiger partial charge in [-0.2, -0.15) is 0 Å². The molecule has 7 nitrogen and oxygen atoms in total. The van der Waals surface area contributed by atoms with Crippen molar-refractivity contribution in [1.29, 1.82) is 0 Å². The monoisotopic (exact) mass is 432 g/mol. The first-order valence-electron chi connectivity index (χ1n) is 8.19. The SMILES string of the molecule is COC(=O)C1=C(C)N([C@@H]2CCS(=O)(=O)C2)C(=O)N[C@@H]1c1ccc(Cl)cc1Cl. The van der Waals surface area contributed by atoms with Gasteiger partial charge in [0.25, 0.3) is 0 Å². The normalized spacial score (nSPS) is 24.7. The van der Waals surface area contributed by atoms with Gasteiger partial charge in [-0.3, -0.25) is 4.90 Å². The predicted octanol–water partition coefficient (Wildman–Crippen LogP) is 2.69. The van der Waals surface area contributed by atoms with Crippen molar-refractivity contribution in [3.8, 4) is 0 Å². The van der Waals surface area contributed by atoms with Crippen LogP contribution in [0.2, 0.25) is 10.0 Å². The number of allylic oxidation sites excluding steroid dienone is 1. The Morgan fingerprint density at radius 2 is 2.04 bits per heavy atom. The van der Waals surface area contributed by atoms with Crippen LogP contribution in [0.5, 0.6) is 0 Å². The number of amides is 2. The molecule has 0 spiro atoms. The molecule has 2 heterocycles. The molecule has 1 aromatic carbocycles. The number of carbonyl (C=O) groups excluding carboxylic acids is 2. The average Bonchev–Trinajstić information content (AvgIpc) is 2.93. The van der Waals surface area contributed by atoms with Gasteiger partial charge in [0.2, 0.25) is 0 Å². The number of ether oxygens (including phenoxy) is 1. The number of carbonyl (C=O) groups is 2. The van der Waals surface area contributed by atoms with E-state index >= 15 is 0 Å². The molecule has 1 saturated heterocycles. The van der Waals surface area contributed by atoms with Crippen molar-refractivity contribution in [2.75, 3.05) is 18.6 Å². The standard InChI is InChI=1S/C17H18Cl2N2O5S/c1-9-14(16(22)26-2)15(12-4-3-10(18)7-13(12)19)20-17(23)21(9)11-5-6-27(24,25)8-11/h3-4,7,11,15H,5-6,8H2,1-2H3,(H,20,23)/t11-,15-/m1/s1. The molecule has 0 radical (unpaired) electrons. The van der Waals surface area contributed by atoms with Crippen molar-refractivity contribution in [2.24, 2.45) is 0 Å². The molecule has 0 aliphatic carbocycles. The molecule has 1 fully saturated rings. The Kier molecular flexibility index (Phi) is 5.42. The number of nitrogens with one attached hydrogen (secondary N) is 1. The summed E-state index contributed by atoms with van der Waals surface area (Å²) in [6, 6.07) is 2.90. The van der Waals surface area contributed by atoms with Gasteiger partial charge in [-0.25, -0.2) is 18.0 Å². The fourth-order valence-electron chi connectivity index (χ4n) is 3.52. The number of esters is 1. The number of methoxy groups -OCH3 is 1. The van der Waals surface area contributed by atoms with Crippen LogP contribution in [-0.4, -0.2) is 50.0 Å². The van der Waals surface area contributed by atoms with E-state index in [1.165, 1.54) is 18.1 Å². The highest BCUT2D eigenvalue weighted by atomic mass is 35.5. The fraction of sp³-hybridized carbons (Fsp3) is 0.412. The molecular weight excluding hydrogens is 415 g/mol. The maximum absolute atomic E-state index is 12.8. The first-order valence-corrected chi connectivity index (χ1v) is 10.8. The summed E-state index contributed by atoms with van der Waals surface area (Å²) in [5.41, 5.74) is 1.04. The molecule has 0 aromatic heterocycles. The Morgan fingerprint density at radius 3 is 2.59 bits per heavy atom. The average molecular weight is 433 g/mol. The smallest absolute Gasteiger partial charge is 0.337 e. The minimum absolute atomic E-state index is 0.00866. The maximum Gasteiger partial charge on any atom is 0.337 e. The van der Waals surface area contributed by atoms with Gasteiger partial charge in [0.15, 0.2) is 9.84 Å². The van der Waals surface area contributed by atoms with Gasteiger partial charge >= 0.3 is 12.0 Å². The number of benzene rings is 1. The largest absolute Gasteiger partial charge is 0.466 e. The summed E-state index contributed by atoms with van der Waals surface area (Å²) in [6.07, 6.45) is 0.313. The first-order chi connectivity index (χ1) is 12.6. The molecule has 0 unspecified atom stereocenters. The zero-order valence-corrected chi connectivity index (χ0v) is 17.0. The Balaban J connectivity index is 2.09. The van der Waals surface area contributed by atoms with E-state index in [2.05, 4.69) is 5.32 Å². The molecule has 2 atom stereocenters. The van der Waals surface area contributed by atoms with Gasteiger partial charge in [0, 0.05) is 15.7 Å². The Morgan fingerprint density at radius 1 is 1.33 bits per heavy atom. The van der Waals surface area contributed by atoms with Crippen LogP contribution in [0, 0.1) is 0 Å². The highest BCUT2D eigenvalue weighted by Crippen LogP contribution is 2.37. The molecule has 0 bridgehead atoms. The topological polar surface area (TPSA) is 92.8 Å². The van der Waals surface area contributed by atoms with Crippen LogP contribution in [0.4, 0.5) is 4.79 Å². The second-order valence-electron chi connectivity index (χ2n) is 6.47. The highest BCUT2D eigenvalue weighted by Gasteiger charge is 2.43. The number of nitrogens with zero attached hydrogens (tertiary/aromatic N) is 1. The number of rotatable bonds is 3. The molecule has 2 amide bonds. The minimum atomic E-state index is -3.21. The zero-order valence-electron chi connectivity index (χ0n) is 14.7. The van der Waals surface area contributed by atoms with Crippen molar-refractivity contribution in [1.82, 2.24) is 10.2 Å². The summed E-state index contributed by atoms with van der Waals surface area (Å²) in [5.74, 6) is -0.762. The minimum Gasteiger partial charge on any atom is -0.466 e. The van der Waals surface area contributed by atoms with Gasteiger partial charge in [-0.15, -0.1) is 0 Å². The summed E-state index contributed by atoms with van der Waals surface area (Å²) in [7, 11) is -1.97. The highest BCUT2D eigenvalue weighted by molar-refractivity contribution is 7.91. The lowest BCUT2D eigenvalue weighted by Gasteiger charge is -2.38. The van der Waals surface area contributed by atoms with E-state index in [4.69, 9.17) is 27.9 Å². The van der Waals surface area contributed by atoms with Crippen LogP contribution in [0.15, 0.2) is 29.5 Å². The molecule has 27 heavy (non-hydrogen) atoms. The van der Waals surface area contributed by atoms with E-state index in [1.807, 2.05) is 0 Å². The fourth-order valence-corrected chi connectivity index (χ4v) is 5.74. The summed E-state index contributed by atoms with van der Waals surface area (Å²) >= 11 is 12.2. The Hall–Kier alpha value is -1.77. The van der Waals surface area contributed by atoms with Gasteiger partial charge in [-0.1, -0.05) is 29.3 Å². The van der Waals surface area contributed by atoms with Gasteiger partial charge < -0.3 is 10.1 Å². The molecule has 3 rings (SSSR count). The molecule has 2 aliphatic rings. The summed E-state index contributed by atoms with van der Waals surface area (Å²) in [6.45, 7) is 1.60. The Bertz CT molecular complexity index is 945. The lowest BCUT2D eigenvalue weighted by Crippen LogP contribution is -2.52. The number of urea groups is 1. The van der Waals surface area contributed by atoms with Crippen molar-refractivity contribution in [3.05, 3.63) is 45.1 Å². The molecule has 2 aliphatic heterocycles. The van der Waals surface area contributed by atoms with Crippen LogP contribution < -0.4 is 5.32 Å². The lowest BCUT2D eigenvalue weighted by molar-refractivity contribution is -0.136. The number of hydrogen-bond donors (Lipinski definition) is 1. The van der Waals surface area contributed by atoms with Crippen molar-refractivity contribution >= 4 is 45.0 Å². The third kappa shape index (κ3) is 3.79. The van der Waals surface area contributed by atoms with Gasteiger partial charge in [-0.05, 0) is 31.0 Å². The van der Waals surface area contributed by atoms with E-state index in [1.54, 1.807) is 19.1 Å². The van der Waals surface area contributed by atoms with E-state index < -0.39 is 33.9 Å². The van der Waals surface area contributed by atoms with Crippen LogP contribution in [0.3, 0.4) is 0 Å². The Labute approximate surface area is 167 Å². The molecule has 10 heteroatoms. The van der Waals surface area contributed by atoms with Crippen molar-refractivity contribution in [3.63, 3.8) is 0 Å². The predicted molar refractivity (Wildman–Crippen MR) is 101 cm³/mol. The summed E-state index contributed by atoms with van der Waals surface area (Å²) < 4.78 is 28.6. The van der Waals surface area contributed by atoms with Crippen LogP contribution in [-0.2, 0) is 19.4 Å². The summed E-state index contributed by atoms with van der Waals surface area (Å²) in [4.78, 5) is 26.6. The summed E-state index contributed by atoms with van der Waals surface area (Å²) in [5, 5.41) is 3.46.